The molecule has 3 rings (SSSR count). The average Bonchev–Trinajstić information content (AvgIpc) is 2.86. The average molecular weight is 485 g/mol. The summed E-state index contributed by atoms with van der Waals surface area (Å²) in [5.41, 5.74) is 2.83. The van der Waals surface area contributed by atoms with Gasteiger partial charge in [-0.05, 0) is 82.1 Å². The van der Waals surface area contributed by atoms with Gasteiger partial charge in [0.1, 0.15) is 5.75 Å². The standard InChI is InChI=1S/C27H36N2O4S/c1-4-34(31,32)28(3)25-16-19-29(20-17-25)18-5-21-33-26-13-11-24(12-14-26)27(30)15-10-23-8-6-22(2)7-9-23/h6-15,25H,4-5,16-21H2,1-3H3/b15-10+. The summed E-state index contributed by atoms with van der Waals surface area (Å²) < 4.78 is 31.5. The lowest BCUT2D eigenvalue weighted by Crippen LogP contribution is -2.46. The highest BCUT2D eigenvalue weighted by Gasteiger charge is 2.28. The van der Waals surface area contributed by atoms with E-state index < -0.39 is 10.0 Å². The number of allylic oxidation sites excluding steroid dienone is 1. The van der Waals surface area contributed by atoms with E-state index in [2.05, 4.69) is 4.90 Å². The lowest BCUT2D eigenvalue weighted by molar-refractivity contribution is 0.104. The molecule has 1 aliphatic heterocycles. The second-order valence-electron chi connectivity index (χ2n) is 8.82. The van der Waals surface area contributed by atoms with Gasteiger partial charge in [-0.1, -0.05) is 35.9 Å². The van der Waals surface area contributed by atoms with Gasteiger partial charge in [0.25, 0.3) is 0 Å². The van der Waals surface area contributed by atoms with Crippen LogP contribution >= 0.6 is 0 Å². The van der Waals surface area contributed by atoms with Crippen LogP contribution in [0.1, 0.15) is 47.7 Å². The molecule has 0 spiro atoms. The van der Waals surface area contributed by atoms with E-state index in [1.54, 1.807) is 36.5 Å². The molecule has 1 aliphatic rings. The lowest BCUT2D eigenvalue weighted by atomic mass is 10.1. The molecule has 6 nitrogen and oxygen atoms in total. The Balaban J connectivity index is 1.37. The number of sulfonamides is 1. The molecule has 0 aromatic heterocycles. The van der Waals surface area contributed by atoms with Crippen molar-refractivity contribution in [3.63, 3.8) is 0 Å². The van der Waals surface area contributed by atoms with Crippen molar-refractivity contribution >= 4 is 21.9 Å². The minimum atomic E-state index is -3.12. The summed E-state index contributed by atoms with van der Waals surface area (Å²) in [6.45, 7) is 7.06. The molecule has 2 aromatic rings. The zero-order valence-electron chi connectivity index (χ0n) is 20.4. The number of aryl methyl sites for hydroxylation is 1. The maximum atomic E-state index is 12.4. The van der Waals surface area contributed by atoms with Gasteiger partial charge in [0.2, 0.25) is 10.0 Å². The van der Waals surface area contributed by atoms with Crippen molar-refractivity contribution < 1.29 is 17.9 Å². The van der Waals surface area contributed by atoms with Crippen LogP contribution in [-0.4, -0.2) is 68.5 Å². The fourth-order valence-corrected chi connectivity index (χ4v) is 5.15. The molecule has 0 radical (unpaired) electrons. The molecule has 1 heterocycles. The number of ketones is 1. The van der Waals surface area contributed by atoms with Gasteiger partial charge in [-0.15, -0.1) is 0 Å². The van der Waals surface area contributed by atoms with Crippen LogP contribution in [0.25, 0.3) is 6.08 Å². The minimum Gasteiger partial charge on any atom is -0.494 e. The fourth-order valence-electron chi connectivity index (χ4n) is 4.08. The Morgan fingerprint density at radius 1 is 1.09 bits per heavy atom. The Bertz CT molecular complexity index is 1050. The second-order valence-corrected chi connectivity index (χ2v) is 11.1. The number of likely N-dealkylation sites (tertiary alicyclic amines) is 1. The first kappa shape index (κ1) is 26.1. The van der Waals surface area contributed by atoms with Crippen LogP contribution in [0.2, 0.25) is 0 Å². The first-order valence-electron chi connectivity index (χ1n) is 12.0. The van der Waals surface area contributed by atoms with Crippen molar-refractivity contribution in [2.45, 2.75) is 39.2 Å². The summed E-state index contributed by atoms with van der Waals surface area (Å²) in [5, 5.41) is 0. The number of nitrogens with zero attached hydrogens (tertiary/aromatic N) is 2. The number of carbonyl (C=O) groups is 1. The molecule has 1 fully saturated rings. The summed E-state index contributed by atoms with van der Waals surface area (Å²) in [5.74, 6) is 0.873. The molecule has 0 unspecified atom stereocenters. The van der Waals surface area contributed by atoms with Crippen molar-refractivity contribution in [1.82, 2.24) is 9.21 Å². The van der Waals surface area contributed by atoms with Gasteiger partial charge in [-0.25, -0.2) is 12.7 Å². The number of benzene rings is 2. The Morgan fingerprint density at radius 3 is 2.35 bits per heavy atom. The predicted octanol–water partition coefficient (Wildman–Crippen LogP) is 4.41. The Morgan fingerprint density at radius 2 is 1.74 bits per heavy atom. The van der Waals surface area contributed by atoms with E-state index in [0.717, 1.165) is 50.2 Å². The molecule has 0 N–H and O–H groups in total. The molecular formula is C27H36N2O4S. The molecule has 7 heteroatoms. The van der Waals surface area contributed by atoms with Gasteiger partial charge in [0.15, 0.2) is 5.78 Å². The third-order valence-corrected chi connectivity index (χ3v) is 8.31. The molecule has 0 aliphatic carbocycles. The van der Waals surface area contributed by atoms with E-state index in [4.69, 9.17) is 4.74 Å². The van der Waals surface area contributed by atoms with Crippen LogP contribution in [0.5, 0.6) is 5.75 Å². The van der Waals surface area contributed by atoms with Gasteiger partial charge >= 0.3 is 0 Å². The molecule has 0 atom stereocenters. The molecule has 34 heavy (non-hydrogen) atoms. The van der Waals surface area contributed by atoms with E-state index in [1.807, 2.05) is 49.4 Å². The second kappa shape index (κ2) is 12.3. The SMILES string of the molecule is CCS(=O)(=O)N(C)C1CCN(CCCOc2ccc(C(=O)/C=C/c3ccc(C)cc3)cc2)CC1. The number of carbonyl (C=O) groups excluding carboxylic acids is 1. The molecule has 0 amide bonds. The minimum absolute atomic E-state index is 0.0343. The molecule has 184 valence electrons. The molecule has 0 saturated carbocycles. The molecular weight excluding hydrogens is 448 g/mol. The predicted molar refractivity (Wildman–Crippen MR) is 138 cm³/mol. The summed E-state index contributed by atoms with van der Waals surface area (Å²) in [6.07, 6.45) is 6.05. The van der Waals surface area contributed by atoms with Crippen molar-refractivity contribution in [3.8, 4) is 5.75 Å². The monoisotopic (exact) mass is 484 g/mol. The Labute approximate surface area is 204 Å². The third-order valence-electron chi connectivity index (χ3n) is 6.41. The van der Waals surface area contributed by atoms with Crippen molar-refractivity contribution in [2.75, 3.05) is 39.0 Å². The van der Waals surface area contributed by atoms with Gasteiger partial charge in [0.05, 0.1) is 12.4 Å². The van der Waals surface area contributed by atoms with Crippen molar-refractivity contribution in [2.24, 2.45) is 0 Å². The molecule has 1 saturated heterocycles. The van der Waals surface area contributed by atoms with Crippen LogP contribution < -0.4 is 4.74 Å². The Hall–Kier alpha value is -2.48. The van der Waals surface area contributed by atoms with Gasteiger partial charge < -0.3 is 9.64 Å². The number of ether oxygens (including phenoxy) is 1. The highest BCUT2D eigenvalue weighted by molar-refractivity contribution is 7.89. The zero-order valence-corrected chi connectivity index (χ0v) is 21.3. The molecule has 0 bridgehead atoms. The topological polar surface area (TPSA) is 66.9 Å². The van der Waals surface area contributed by atoms with Gasteiger partial charge in [0, 0.05) is 25.2 Å². The summed E-state index contributed by atoms with van der Waals surface area (Å²) in [6, 6.07) is 15.4. The number of rotatable bonds is 11. The Kier molecular flexibility index (Phi) is 9.45. The lowest BCUT2D eigenvalue weighted by Gasteiger charge is -2.36. The molecule has 2 aromatic carbocycles. The first-order valence-corrected chi connectivity index (χ1v) is 13.6. The normalized spacial score (nSPS) is 15.8. The maximum Gasteiger partial charge on any atom is 0.213 e. The maximum absolute atomic E-state index is 12.4. The smallest absolute Gasteiger partial charge is 0.213 e. The highest BCUT2D eigenvalue weighted by Crippen LogP contribution is 2.19. The van der Waals surface area contributed by atoms with Crippen LogP contribution in [0.3, 0.4) is 0 Å². The number of piperidine rings is 1. The van der Waals surface area contributed by atoms with Gasteiger partial charge in [-0.2, -0.15) is 0 Å². The van der Waals surface area contributed by atoms with Gasteiger partial charge in [-0.3, -0.25) is 4.79 Å². The van der Waals surface area contributed by atoms with Crippen molar-refractivity contribution in [3.05, 3.63) is 71.3 Å². The number of hydrogen-bond donors (Lipinski definition) is 0. The van der Waals surface area contributed by atoms with E-state index in [0.29, 0.717) is 12.2 Å². The van der Waals surface area contributed by atoms with Crippen LogP contribution in [0.15, 0.2) is 54.6 Å². The van der Waals surface area contributed by atoms with E-state index in [1.165, 1.54) is 5.56 Å². The largest absolute Gasteiger partial charge is 0.494 e. The van der Waals surface area contributed by atoms with E-state index in [9.17, 15) is 13.2 Å². The van der Waals surface area contributed by atoms with Crippen LogP contribution in [0, 0.1) is 6.92 Å². The fraction of sp³-hybridized carbons (Fsp3) is 0.444. The third kappa shape index (κ3) is 7.52. The summed E-state index contributed by atoms with van der Waals surface area (Å²) in [7, 11) is -1.42. The highest BCUT2D eigenvalue weighted by atomic mass is 32.2. The quantitative estimate of drug-likeness (QED) is 0.269. The summed E-state index contributed by atoms with van der Waals surface area (Å²) in [4.78, 5) is 14.8. The van der Waals surface area contributed by atoms with Crippen LogP contribution in [0.4, 0.5) is 0 Å². The first-order chi connectivity index (χ1) is 16.3. The van der Waals surface area contributed by atoms with Crippen LogP contribution in [-0.2, 0) is 10.0 Å². The van der Waals surface area contributed by atoms with E-state index >= 15 is 0 Å². The van der Waals surface area contributed by atoms with E-state index in [-0.39, 0.29) is 17.6 Å². The zero-order chi connectivity index (χ0) is 24.6. The number of hydrogen-bond acceptors (Lipinski definition) is 5. The van der Waals surface area contributed by atoms with Crippen molar-refractivity contribution in [1.29, 1.82) is 0 Å². The summed E-state index contributed by atoms with van der Waals surface area (Å²) >= 11 is 0.